The number of methoxy groups -OCH3 is 2. The summed E-state index contributed by atoms with van der Waals surface area (Å²) in [5, 5.41) is 4.73. The molecule has 0 aromatic heterocycles. The van der Waals surface area contributed by atoms with Crippen LogP contribution >= 0.6 is 23.2 Å². The van der Waals surface area contributed by atoms with Crippen molar-refractivity contribution in [2.24, 2.45) is 0 Å². The Labute approximate surface area is 141 Å². The molecule has 0 saturated carbocycles. The summed E-state index contributed by atoms with van der Waals surface area (Å²) in [5.74, 6) is 1.17. The third-order valence-electron chi connectivity index (χ3n) is 3.54. The van der Waals surface area contributed by atoms with Crippen LogP contribution in [0.5, 0.6) is 11.5 Å². The smallest absolute Gasteiger partial charge is 0.179 e. The highest BCUT2D eigenvalue weighted by Crippen LogP contribution is 2.37. The van der Waals surface area contributed by atoms with Gasteiger partial charge in [0.15, 0.2) is 11.5 Å². The largest absolute Gasteiger partial charge is 0.493 e. The van der Waals surface area contributed by atoms with Crippen LogP contribution in [0.3, 0.4) is 0 Å². The van der Waals surface area contributed by atoms with Crippen LogP contribution in [-0.4, -0.2) is 14.2 Å². The zero-order valence-electron chi connectivity index (χ0n) is 12.8. The molecule has 0 aliphatic carbocycles. The molecule has 0 heterocycles. The Morgan fingerprint density at radius 3 is 2.41 bits per heavy atom. The van der Waals surface area contributed by atoms with Crippen LogP contribution in [0.4, 0.5) is 0 Å². The minimum Gasteiger partial charge on any atom is -0.493 e. The van der Waals surface area contributed by atoms with Gasteiger partial charge in [0.1, 0.15) is 0 Å². The predicted octanol–water partition coefficient (Wildman–Crippen LogP) is 4.86. The average Bonchev–Trinajstić information content (AvgIpc) is 2.53. The Morgan fingerprint density at radius 2 is 1.77 bits per heavy atom. The van der Waals surface area contributed by atoms with Crippen molar-refractivity contribution >= 4 is 23.2 Å². The van der Waals surface area contributed by atoms with Crippen molar-refractivity contribution in [2.75, 3.05) is 14.2 Å². The van der Waals surface area contributed by atoms with E-state index in [1.54, 1.807) is 14.2 Å². The van der Waals surface area contributed by atoms with E-state index in [2.05, 4.69) is 12.2 Å². The minimum absolute atomic E-state index is 0.109. The fourth-order valence-electron chi connectivity index (χ4n) is 2.27. The monoisotopic (exact) mass is 339 g/mol. The van der Waals surface area contributed by atoms with Crippen LogP contribution in [0.15, 0.2) is 36.4 Å². The van der Waals surface area contributed by atoms with Crippen LogP contribution < -0.4 is 14.8 Å². The van der Waals surface area contributed by atoms with Crippen molar-refractivity contribution in [3.63, 3.8) is 0 Å². The zero-order valence-corrected chi connectivity index (χ0v) is 14.3. The summed E-state index contributed by atoms with van der Waals surface area (Å²) >= 11 is 12.6. The second-order valence-electron chi connectivity index (χ2n) is 4.90. The molecule has 1 unspecified atom stereocenters. The first-order valence-electron chi connectivity index (χ1n) is 6.95. The maximum atomic E-state index is 6.38. The van der Waals surface area contributed by atoms with Gasteiger partial charge in [0.25, 0.3) is 0 Å². The summed E-state index contributed by atoms with van der Waals surface area (Å²) < 4.78 is 10.5. The molecule has 5 heteroatoms. The van der Waals surface area contributed by atoms with Crippen molar-refractivity contribution in [1.29, 1.82) is 0 Å². The Morgan fingerprint density at radius 1 is 1.05 bits per heavy atom. The van der Waals surface area contributed by atoms with Gasteiger partial charge in [-0.05, 0) is 30.2 Å². The molecule has 1 N–H and O–H groups in total. The van der Waals surface area contributed by atoms with E-state index in [1.165, 1.54) is 0 Å². The summed E-state index contributed by atoms with van der Waals surface area (Å²) in [7, 11) is 3.17. The molecule has 0 spiro atoms. The van der Waals surface area contributed by atoms with E-state index in [0.29, 0.717) is 23.1 Å². The van der Waals surface area contributed by atoms with Crippen LogP contribution in [0.1, 0.15) is 24.1 Å². The molecule has 2 aromatic rings. The molecule has 118 valence electrons. The average molecular weight is 340 g/mol. The van der Waals surface area contributed by atoms with E-state index in [-0.39, 0.29) is 6.04 Å². The van der Waals surface area contributed by atoms with E-state index < -0.39 is 0 Å². The van der Waals surface area contributed by atoms with Gasteiger partial charge in [0, 0.05) is 17.6 Å². The summed E-state index contributed by atoms with van der Waals surface area (Å²) in [6, 6.07) is 11.7. The minimum atomic E-state index is 0.109. The molecule has 0 amide bonds. The van der Waals surface area contributed by atoms with Gasteiger partial charge < -0.3 is 14.8 Å². The Bertz CT molecular complexity index is 647. The lowest BCUT2D eigenvalue weighted by Crippen LogP contribution is -2.18. The van der Waals surface area contributed by atoms with Gasteiger partial charge in [-0.2, -0.15) is 0 Å². The Kier molecular flexibility index (Phi) is 5.95. The third-order valence-corrected chi connectivity index (χ3v) is 4.29. The number of benzene rings is 2. The highest BCUT2D eigenvalue weighted by atomic mass is 35.5. The molecule has 0 bridgehead atoms. The number of hydrogen-bond acceptors (Lipinski definition) is 3. The summed E-state index contributed by atoms with van der Waals surface area (Å²) in [4.78, 5) is 0. The number of nitrogens with one attached hydrogen (secondary N) is 1. The van der Waals surface area contributed by atoms with Crippen molar-refractivity contribution in [2.45, 2.75) is 19.5 Å². The Hall–Kier alpha value is -1.42. The molecular weight excluding hydrogens is 321 g/mol. The summed E-state index contributed by atoms with van der Waals surface area (Å²) in [6.07, 6.45) is 0. The van der Waals surface area contributed by atoms with Crippen molar-refractivity contribution in [3.05, 3.63) is 57.6 Å². The first-order valence-corrected chi connectivity index (χ1v) is 7.71. The van der Waals surface area contributed by atoms with Crippen LogP contribution in [0, 0.1) is 0 Å². The Balaban J connectivity index is 2.13. The molecule has 22 heavy (non-hydrogen) atoms. The molecule has 3 nitrogen and oxygen atoms in total. The number of ether oxygens (including phenoxy) is 2. The zero-order chi connectivity index (χ0) is 16.1. The number of rotatable bonds is 6. The normalized spacial score (nSPS) is 12.0. The molecule has 2 aromatic carbocycles. The molecule has 2 rings (SSSR count). The molecule has 0 radical (unpaired) electrons. The van der Waals surface area contributed by atoms with Crippen molar-refractivity contribution in [3.8, 4) is 11.5 Å². The lowest BCUT2D eigenvalue weighted by molar-refractivity contribution is 0.354. The predicted molar refractivity (Wildman–Crippen MR) is 91.3 cm³/mol. The standard InChI is InChI=1S/C17H19Cl2NO2/c1-11(13-6-4-5-7-14(13)18)20-10-12-8-9-15(21-2)17(22-3)16(12)19/h4-9,11,20H,10H2,1-3H3. The van der Waals surface area contributed by atoms with Gasteiger partial charge in [-0.1, -0.05) is 47.5 Å². The molecule has 0 aliphatic heterocycles. The number of halogens is 2. The van der Waals surface area contributed by atoms with Crippen molar-refractivity contribution < 1.29 is 9.47 Å². The van der Waals surface area contributed by atoms with Gasteiger partial charge in [0.2, 0.25) is 0 Å². The second kappa shape index (κ2) is 7.73. The fourth-order valence-corrected chi connectivity index (χ4v) is 2.87. The fraction of sp³-hybridized carbons (Fsp3) is 0.294. The highest BCUT2D eigenvalue weighted by molar-refractivity contribution is 6.33. The summed E-state index contributed by atoms with van der Waals surface area (Å²) in [6.45, 7) is 2.67. The van der Waals surface area contributed by atoms with E-state index in [4.69, 9.17) is 32.7 Å². The van der Waals surface area contributed by atoms with Gasteiger partial charge >= 0.3 is 0 Å². The van der Waals surface area contributed by atoms with E-state index in [9.17, 15) is 0 Å². The number of hydrogen-bond donors (Lipinski definition) is 1. The molecule has 1 atom stereocenters. The van der Waals surface area contributed by atoms with Gasteiger partial charge in [-0.25, -0.2) is 0 Å². The second-order valence-corrected chi connectivity index (χ2v) is 5.68. The molecule has 0 fully saturated rings. The third kappa shape index (κ3) is 3.67. The topological polar surface area (TPSA) is 30.5 Å². The lowest BCUT2D eigenvalue weighted by Gasteiger charge is -2.17. The van der Waals surface area contributed by atoms with Crippen LogP contribution in [0.25, 0.3) is 0 Å². The van der Waals surface area contributed by atoms with Crippen LogP contribution in [-0.2, 0) is 6.54 Å². The van der Waals surface area contributed by atoms with E-state index >= 15 is 0 Å². The first-order chi connectivity index (χ1) is 10.6. The lowest BCUT2D eigenvalue weighted by atomic mass is 10.1. The van der Waals surface area contributed by atoms with E-state index in [1.807, 2.05) is 36.4 Å². The first kappa shape index (κ1) is 16.9. The van der Waals surface area contributed by atoms with Gasteiger partial charge in [-0.15, -0.1) is 0 Å². The molecule has 0 saturated heterocycles. The molecular formula is C17H19Cl2NO2. The van der Waals surface area contributed by atoms with E-state index in [0.717, 1.165) is 16.1 Å². The molecule has 0 aliphatic rings. The summed E-state index contributed by atoms with van der Waals surface area (Å²) in [5.41, 5.74) is 2.00. The SMILES string of the molecule is COc1ccc(CNC(C)c2ccccc2Cl)c(Cl)c1OC. The van der Waals surface area contributed by atoms with Gasteiger partial charge in [0.05, 0.1) is 19.2 Å². The maximum Gasteiger partial charge on any atom is 0.179 e. The maximum absolute atomic E-state index is 6.38. The van der Waals surface area contributed by atoms with Crippen LogP contribution in [0.2, 0.25) is 10.0 Å². The highest BCUT2D eigenvalue weighted by Gasteiger charge is 2.14. The van der Waals surface area contributed by atoms with Gasteiger partial charge in [-0.3, -0.25) is 0 Å². The quantitative estimate of drug-likeness (QED) is 0.814. The van der Waals surface area contributed by atoms with Crippen molar-refractivity contribution in [1.82, 2.24) is 5.32 Å².